The molecular formula is C9H13N3O4S. The van der Waals surface area contributed by atoms with Crippen molar-refractivity contribution in [3.05, 3.63) is 18.3 Å². The summed E-state index contributed by atoms with van der Waals surface area (Å²) >= 11 is 0. The smallest absolute Gasteiger partial charge is 0.238 e. The molecule has 0 atom stereocenters. The number of pyridine rings is 1. The van der Waals surface area contributed by atoms with Gasteiger partial charge in [-0.25, -0.2) is 13.4 Å². The van der Waals surface area contributed by atoms with Crippen LogP contribution in [0.1, 0.15) is 0 Å². The van der Waals surface area contributed by atoms with Crippen LogP contribution in [-0.2, 0) is 14.8 Å². The molecule has 0 aliphatic rings. The highest BCUT2D eigenvalue weighted by Crippen LogP contribution is 2.18. The average molecular weight is 259 g/mol. The van der Waals surface area contributed by atoms with Gasteiger partial charge in [0, 0.05) is 6.07 Å². The Morgan fingerprint density at radius 2 is 2.18 bits per heavy atom. The molecule has 1 aromatic rings. The number of nitrogens with two attached hydrogens (primary N) is 1. The molecule has 0 aromatic carbocycles. The second-order valence-corrected chi connectivity index (χ2v) is 5.20. The Morgan fingerprint density at radius 1 is 1.53 bits per heavy atom. The summed E-state index contributed by atoms with van der Waals surface area (Å²) in [4.78, 5) is 14.7. The summed E-state index contributed by atoms with van der Waals surface area (Å²) in [6, 6.07) is 2.98. The first-order valence-electron chi connectivity index (χ1n) is 4.60. The predicted molar refractivity (Wildman–Crippen MR) is 62.2 cm³/mol. The van der Waals surface area contributed by atoms with Crippen LogP contribution in [0.15, 0.2) is 18.3 Å². The lowest BCUT2D eigenvalue weighted by Gasteiger charge is -2.20. The Balaban J connectivity index is 3.09. The van der Waals surface area contributed by atoms with Crippen LogP contribution in [-0.4, -0.2) is 39.2 Å². The maximum Gasteiger partial charge on any atom is 0.238 e. The van der Waals surface area contributed by atoms with Crippen molar-refractivity contribution in [3.63, 3.8) is 0 Å². The van der Waals surface area contributed by atoms with Gasteiger partial charge in [0.25, 0.3) is 0 Å². The number of carbonyl (C=O) groups is 1. The average Bonchev–Trinajstić information content (AvgIpc) is 2.24. The van der Waals surface area contributed by atoms with Crippen LogP contribution in [0.4, 0.5) is 5.69 Å². The SMILES string of the molecule is COc1ccc(N(CC(N)=O)S(C)(=O)=O)cn1. The molecule has 94 valence electrons. The van der Waals surface area contributed by atoms with Gasteiger partial charge in [-0.15, -0.1) is 0 Å². The molecule has 7 nitrogen and oxygen atoms in total. The molecular weight excluding hydrogens is 246 g/mol. The first-order chi connectivity index (χ1) is 7.84. The summed E-state index contributed by atoms with van der Waals surface area (Å²) in [5.41, 5.74) is 5.25. The van der Waals surface area contributed by atoms with Crippen LogP contribution in [0.5, 0.6) is 5.88 Å². The van der Waals surface area contributed by atoms with Crippen molar-refractivity contribution in [3.8, 4) is 5.88 Å². The van der Waals surface area contributed by atoms with Crippen LogP contribution >= 0.6 is 0 Å². The van der Waals surface area contributed by atoms with E-state index in [0.717, 1.165) is 10.6 Å². The van der Waals surface area contributed by atoms with Gasteiger partial charge in [0.2, 0.25) is 21.8 Å². The number of rotatable bonds is 5. The number of carbonyl (C=O) groups excluding carboxylic acids is 1. The second kappa shape index (κ2) is 5.00. The molecule has 1 heterocycles. The zero-order chi connectivity index (χ0) is 13.1. The topological polar surface area (TPSA) is 103 Å². The number of methoxy groups -OCH3 is 1. The van der Waals surface area contributed by atoms with E-state index in [1.165, 1.54) is 25.4 Å². The lowest BCUT2D eigenvalue weighted by atomic mass is 10.4. The van der Waals surface area contributed by atoms with E-state index in [1.807, 2.05) is 0 Å². The van der Waals surface area contributed by atoms with E-state index in [1.54, 1.807) is 0 Å². The minimum absolute atomic E-state index is 0.257. The van der Waals surface area contributed by atoms with Gasteiger partial charge in [0.15, 0.2) is 0 Å². The monoisotopic (exact) mass is 259 g/mol. The van der Waals surface area contributed by atoms with Crippen LogP contribution in [0.25, 0.3) is 0 Å². The molecule has 0 saturated carbocycles. The summed E-state index contributed by atoms with van der Waals surface area (Å²) < 4.78 is 28.7. The summed E-state index contributed by atoms with van der Waals surface area (Å²) in [6.07, 6.45) is 2.28. The van der Waals surface area contributed by atoms with Crippen molar-refractivity contribution < 1.29 is 17.9 Å². The fourth-order valence-electron chi connectivity index (χ4n) is 1.18. The van der Waals surface area contributed by atoms with Gasteiger partial charge in [0.05, 0.1) is 25.2 Å². The molecule has 2 N–H and O–H groups in total. The van der Waals surface area contributed by atoms with Crippen LogP contribution in [0.3, 0.4) is 0 Å². The Hall–Kier alpha value is -1.83. The maximum atomic E-state index is 11.5. The van der Waals surface area contributed by atoms with Crippen molar-refractivity contribution in [1.29, 1.82) is 0 Å². The van der Waals surface area contributed by atoms with Crippen LogP contribution in [0.2, 0.25) is 0 Å². The van der Waals surface area contributed by atoms with E-state index >= 15 is 0 Å². The van der Waals surface area contributed by atoms with E-state index in [-0.39, 0.29) is 5.69 Å². The maximum absolute atomic E-state index is 11.5. The Kier molecular flexibility index (Phi) is 3.89. The molecule has 0 bridgehead atoms. The van der Waals surface area contributed by atoms with Gasteiger partial charge >= 0.3 is 0 Å². The molecule has 0 spiro atoms. The molecule has 0 unspecified atom stereocenters. The molecule has 1 rings (SSSR count). The van der Waals surface area contributed by atoms with Gasteiger partial charge in [-0.2, -0.15) is 0 Å². The lowest BCUT2D eigenvalue weighted by Crippen LogP contribution is -2.37. The van der Waals surface area contributed by atoms with Crippen LogP contribution < -0.4 is 14.8 Å². The normalized spacial score (nSPS) is 10.9. The van der Waals surface area contributed by atoms with Gasteiger partial charge < -0.3 is 10.5 Å². The van der Waals surface area contributed by atoms with Crippen molar-refractivity contribution in [2.24, 2.45) is 5.73 Å². The van der Waals surface area contributed by atoms with Gasteiger partial charge in [0.1, 0.15) is 6.54 Å². The number of primary amides is 1. The first-order valence-corrected chi connectivity index (χ1v) is 6.45. The highest BCUT2D eigenvalue weighted by atomic mass is 32.2. The van der Waals surface area contributed by atoms with E-state index in [4.69, 9.17) is 10.5 Å². The predicted octanol–water partition coefficient (Wildman–Crippen LogP) is -0.658. The van der Waals surface area contributed by atoms with Crippen molar-refractivity contribution in [1.82, 2.24) is 4.98 Å². The van der Waals surface area contributed by atoms with Gasteiger partial charge in [-0.05, 0) is 6.07 Å². The third-order valence-electron chi connectivity index (χ3n) is 1.92. The molecule has 0 radical (unpaired) electrons. The molecule has 0 fully saturated rings. The Bertz CT molecular complexity index is 497. The minimum atomic E-state index is -3.58. The summed E-state index contributed by atoms with van der Waals surface area (Å²) in [6.45, 7) is -0.424. The van der Waals surface area contributed by atoms with Crippen LogP contribution in [0, 0.1) is 0 Å². The standard InChI is InChI=1S/C9H13N3O4S/c1-16-9-4-3-7(5-11-9)12(6-8(10)13)17(2,14)15/h3-5H,6H2,1-2H3,(H2,10,13). The van der Waals surface area contributed by atoms with Crippen molar-refractivity contribution in [2.45, 2.75) is 0 Å². The number of amides is 1. The molecule has 0 aliphatic carbocycles. The highest BCUT2D eigenvalue weighted by molar-refractivity contribution is 7.92. The summed E-state index contributed by atoms with van der Waals surface area (Å²) in [5, 5.41) is 0. The number of anilines is 1. The summed E-state index contributed by atoms with van der Waals surface area (Å²) in [5.74, 6) is -0.396. The van der Waals surface area contributed by atoms with E-state index in [9.17, 15) is 13.2 Å². The molecule has 1 amide bonds. The van der Waals surface area contributed by atoms with E-state index < -0.39 is 22.5 Å². The van der Waals surface area contributed by atoms with Gasteiger partial charge in [-0.3, -0.25) is 9.10 Å². The third kappa shape index (κ3) is 3.59. The number of hydrogen-bond acceptors (Lipinski definition) is 5. The molecule has 17 heavy (non-hydrogen) atoms. The molecule has 0 aliphatic heterocycles. The third-order valence-corrected chi connectivity index (χ3v) is 3.06. The quantitative estimate of drug-likeness (QED) is 0.756. The summed E-state index contributed by atoms with van der Waals surface area (Å²) in [7, 11) is -2.14. The van der Waals surface area contributed by atoms with Crippen molar-refractivity contribution >= 4 is 21.6 Å². The Morgan fingerprint density at radius 3 is 2.53 bits per heavy atom. The lowest BCUT2D eigenvalue weighted by molar-refractivity contribution is -0.116. The van der Waals surface area contributed by atoms with Gasteiger partial charge in [-0.1, -0.05) is 0 Å². The fourth-order valence-corrected chi connectivity index (χ4v) is 2.04. The number of nitrogens with zero attached hydrogens (tertiary/aromatic N) is 2. The number of sulfonamides is 1. The highest BCUT2D eigenvalue weighted by Gasteiger charge is 2.19. The zero-order valence-electron chi connectivity index (χ0n) is 9.45. The first kappa shape index (κ1) is 13.2. The van der Waals surface area contributed by atoms with Crippen molar-refractivity contribution in [2.75, 3.05) is 24.2 Å². The Labute approximate surface area is 99.2 Å². The molecule has 8 heteroatoms. The number of ether oxygens (including phenoxy) is 1. The minimum Gasteiger partial charge on any atom is -0.481 e. The fraction of sp³-hybridized carbons (Fsp3) is 0.333. The molecule has 0 saturated heterocycles. The molecule has 1 aromatic heterocycles. The largest absolute Gasteiger partial charge is 0.481 e. The van der Waals surface area contributed by atoms with E-state index in [0.29, 0.717) is 5.88 Å². The number of aromatic nitrogens is 1. The second-order valence-electron chi connectivity index (χ2n) is 3.29. The zero-order valence-corrected chi connectivity index (χ0v) is 10.3. The van der Waals surface area contributed by atoms with E-state index in [2.05, 4.69) is 4.98 Å². The number of hydrogen-bond donors (Lipinski definition) is 1.